The van der Waals surface area contributed by atoms with Gasteiger partial charge in [0.2, 0.25) is 18.1 Å². The van der Waals surface area contributed by atoms with Crippen LogP contribution in [0.15, 0.2) is 60.7 Å². The largest absolute Gasteiger partial charge is 0.466 e. The molecule has 0 aromatic heterocycles. The van der Waals surface area contributed by atoms with Crippen LogP contribution in [0.25, 0.3) is 0 Å². The van der Waals surface area contributed by atoms with Crippen molar-refractivity contribution in [2.24, 2.45) is 0 Å². The van der Waals surface area contributed by atoms with Crippen molar-refractivity contribution >= 4 is 30.0 Å². The van der Waals surface area contributed by atoms with Crippen molar-refractivity contribution < 1.29 is 38.5 Å². The normalized spacial score (nSPS) is 11.0. The Labute approximate surface area is 226 Å². The maximum absolute atomic E-state index is 12.8. The molecule has 0 spiro atoms. The van der Waals surface area contributed by atoms with Gasteiger partial charge in [0, 0.05) is 13.0 Å². The Bertz CT molecular complexity index is 1080. The molecule has 1 atom stereocenters. The first-order valence-corrected chi connectivity index (χ1v) is 12.4. The summed E-state index contributed by atoms with van der Waals surface area (Å²) in [5, 5.41) is 22.1. The van der Waals surface area contributed by atoms with Crippen LogP contribution in [-0.2, 0) is 37.0 Å². The van der Waals surface area contributed by atoms with Crippen molar-refractivity contribution in [3.8, 4) is 0 Å². The standard InChI is InChI=1S/C27H34N4O8/c1-37-24(34)23(33)29-22(32)16-10-2-3-11-17-31(27(36)39-19-21-14-8-5-9-15-21)25(28)30-26(35)38-18-20-12-6-4-7-13-20/h4-9,12-15,23,33H,2-3,10-11,16-19H2,1H3,(H,29,32)(H2,28,30,35)/t23-/m0/s1. The zero-order valence-corrected chi connectivity index (χ0v) is 21.8. The minimum Gasteiger partial charge on any atom is -0.466 e. The predicted octanol–water partition coefficient (Wildman–Crippen LogP) is 3.04. The minimum absolute atomic E-state index is 0.00262. The third-order valence-electron chi connectivity index (χ3n) is 5.39. The number of methoxy groups -OCH3 is 1. The van der Waals surface area contributed by atoms with E-state index in [4.69, 9.17) is 14.9 Å². The molecule has 12 heteroatoms. The van der Waals surface area contributed by atoms with Gasteiger partial charge in [-0.1, -0.05) is 73.5 Å². The van der Waals surface area contributed by atoms with Gasteiger partial charge >= 0.3 is 18.2 Å². The van der Waals surface area contributed by atoms with E-state index in [0.29, 0.717) is 25.7 Å². The monoisotopic (exact) mass is 542 g/mol. The summed E-state index contributed by atoms with van der Waals surface area (Å²) in [6.45, 7) is 0.0791. The molecule has 0 aliphatic carbocycles. The molecule has 12 nitrogen and oxygen atoms in total. The Balaban J connectivity index is 1.83. The molecular formula is C27H34N4O8. The van der Waals surface area contributed by atoms with Crippen molar-refractivity contribution in [3.63, 3.8) is 0 Å². The Kier molecular flexibility index (Phi) is 13.5. The highest BCUT2D eigenvalue weighted by Gasteiger charge is 2.22. The van der Waals surface area contributed by atoms with Crippen LogP contribution in [0.2, 0.25) is 0 Å². The van der Waals surface area contributed by atoms with Gasteiger partial charge in [-0.2, -0.15) is 0 Å². The number of amides is 3. The van der Waals surface area contributed by atoms with Gasteiger partial charge in [-0.25, -0.2) is 19.3 Å². The Morgan fingerprint density at radius 1 is 0.872 bits per heavy atom. The number of hydrogen-bond acceptors (Lipinski definition) is 9. The van der Waals surface area contributed by atoms with Crippen LogP contribution in [-0.4, -0.2) is 59.9 Å². The van der Waals surface area contributed by atoms with Crippen LogP contribution in [0.4, 0.5) is 9.59 Å². The first kappa shape index (κ1) is 30.8. The molecule has 3 amide bonds. The number of carbonyl (C=O) groups excluding carboxylic acids is 4. The summed E-state index contributed by atoms with van der Waals surface area (Å²) in [6.07, 6.45) is -1.18. The summed E-state index contributed by atoms with van der Waals surface area (Å²) in [7, 11) is 1.10. The van der Waals surface area contributed by atoms with Crippen LogP contribution < -0.4 is 10.6 Å². The van der Waals surface area contributed by atoms with Crippen molar-refractivity contribution in [1.82, 2.24) is 15.5 Å². The van der Waals surface area contributed by atoms with E-state index in [1.54, 1.807) is 36.4 Å². The van der Waals surface area contributed by atoms with E-state index in [1.165, 1.54) is 0 Å². The van der Waals surface area contributed by atoms with Gasteiger partial charge in [0.05, 0.1) is 7.11 Å². The lowest BCUT2D eigenvalue weighted by Gasteiger charge is -2.22. The summed E-state index contributed by atoms with van der Waals surface area (Å²) in [4.78, 5) is 48.9. The molecule has 0 radical (unpaired) electrons. The average Bonchev–Trinajstić information content (AvgIpc) is 2.94. The van der Waals surface area contributed by atoms with Crippen molar-refractivity contribution in [1.29, 1.82) is 5.41 Å². The molecule has 210 valence electrons. The number of alkyl carbamates (subject to hydrolysis) is 1. The first-order valence-electron chi connectivity index (χ1n) is 12.4. The van der Waals surface area contributed by atoms with Crippen LogP contribution in [0.3, 0.4) is 0 Å². The second kappa shape index (κ2) is 17.1. The number of rotatable bonds is 13. The maximum Gasteiger partial charge on any atom is 0.416 e. The van der Waals surface area contributed by atoms with Crippen molar-refractivity contribution in [3.05, 3.63) is 71.8 Å². The van der Waals surface area contributed by atoms with Gasteiger partial charge < -0.3 is 24.6 Å². The van der Waals surface area contributed by atoms with Gasteiger partial charge in [0.25, 0.3) is 0 Å². The Hall–Kier alpha value is -4.45. The van der Waals surface area contributed by atoms with Crippen molar-refractivity contribution in [2.45, 2.75) is 51.5 Å². The van der Waals surface area contributed by atoms with E-state index in [0.717, 1.165) is 23.1 Å². The summed E-state index contributed by atoms with van der Waals surface area (Å²) < 4.78 is 14.8. The SMILES string of the molecule is COC(=O)[C@H](O)NC(=O)CCCCCCN(C(=N)NC(=O)OCc1ccccc1)C(=O)OCc1ccccc1. The van der Waals surface area contributed by atoms with E-state index in [2.05, 4.69) is 15.4 Å². The lowest BCUT2D eigenvalue weighted by atomic mass is 10.1. The summed E-state index contributed by atoms with van der Waals surface area (Å²) >= 11 is 0. The molecule has 0 heterocycles. The molecule has 39 heavy (non-hydrogen) atoms. The number of nitrogens with zero attached hydrogens (tertiary/aromatic N) is 1. The van der Waals surface area contributed by atoms with E-state index < -0.39 is 36.3 Å². The highest BCUT2D eigenvalue weighted by Crippen LogP contribution is 2.08. The predicted molar refractivity (Wildman–Crippen MR) is 140 cm³/mol. The number of benzene rings is 2. The minimum atomic E-state index is -1.71. The number of guanidine groups is 1. The lowest BCUT2D eigenvalue weighted by molar-refractivity contribution is -0.154. The highest BCUT2D eigenvalue weighted by atomic mass is 16.6. The van der Waals surface area contributed by atoms with Gasteiger partial charge in [-0.05, 0) is 24.0 Å². The van der Waals surface area contributed by atoms with Crippen LogP contribution in [0.5, 0.6) is 0 Å². The smallest absolute Gasteiger partial charge is 0.416 e. The topological polar surface area (TPSA) is 167 Å². The second-order valence-corrected chi connectivity index (χ2v) is 8.38. The number of hydrogen-bond donors (Lipinski definition) is 4. The van der Waals surface area contributed by atoms with Crippen LogP contribution in [0.1, 0.15) is 43.2 Å². The number of unbranched alkanes of at least 4 members (excludes halogenated alkanes) is 3. The summed E-state index contributed by atoms with van der Waals surface area (Å²) in [6, 6.07) is 18.1. The quantitative estimate of drug-likeness (QED) is 0.0748. The second-order valence-electron chi connectivity index (χ2n) is 8.38. The summed E-state index contributed by atoms with van der Waals surface area (Å²) in [5.74, 6) is -1.94. The molecule has 2 rings (SSSR count). The molecule has 0 saturated carbocycles. The number of ether oxygens (including phenoxy) is 3. The Morgan fingerprint density at radius 2 is 1.44 bits per heavy atom. The van der Waals surface area contributed by atoms with E-state index >= 15 is 0 Å². The van der Waals surface area contributed by atoms with Crippen LogP contribution in [0, 0.1) is 5.41 Å². The van der Waals surface area contributed by atoms with Crippen molar-refractivity contribution in [2.75, 3.05) is 13.7 Å². The Morgan fingerprint density at radius 3 is 2.03 bits per heavy atom. The van der Waals surface area contributed by atoms with E-state index in [-0.39, 0.29) is 26.2 Å². The van der Waals surface area contributed by atoms with Gasteiger partial charge in [-0.15, -0.1) is 0 Å². The molecule has 0 bridgehead atoms. The fourth-order valence-electron chi connectivity index (χ4n) is 3.32. The molecule has 4 N–H and O–H groups in total. The molecule has 0 unspecified atom stereocenters. The molecule has 0 aliphatic rings. The first-order chi connectivity index (χ1) is 18.8. The average molecular weight is 543 g/mol. The molecule has 0 fully saturated rings. The van der Waals surface area contributed by atoms with Gasteiger partial charge in [0.1, 0.15) is 13.2 Å². The number of esters is 1. The third kappa shape index (κ3) is 12.1. The number of aliphatic hydroxyl groups is 1. The zero-order chi connectivity index (χ0) is 28.5. The molecule has 2 aromatic carbocycles. The summed E-state index contributed by atoms with van der Waals surface area (Å²) in [5.41, 5.74) is 1.54. The highest BCUT2D eigenvalue weighted by molar-refractivity contribution is 5.99. The van der Waals surface area contributed by atoms with Gasteiger partial charge in [-0.3, -0.25) is 15.5 Å². The van der Waals surface area contributed by atoms with Crippen LogP contribution >= 0.6 is 0 Å². The van der Waals surface area contributed by atoms with E-state index in [9.17, 15) is 24.3 Å². The van der Waals surface area contributed by atoms with E-state index in [1.807, 2.05) is 24.3 Å². The number of carbonyl (C=O) groups is 4. The van der Waals surface area contributed by atoms with Gasteiger partial charge in [0.15, 0.2) is 0 Å². The fraction of sp³-hybridized carbons (Fsp3) is 0.370. The molecule has 0 aliphatic heterocycles. The maximum atomic E-state index is 12.8. The molecular weight excluding hydrogens is 508 g/mol. The fourth-order valence-corrected chi connectivity index (χ4v) is 3.32. The zero-order valence-electron chi connectivity index (χ0n) is 21.8. The molecule has 0 saturated heterocycles. The third-order valence-corrected chi connectivity index (χ3v) is 5.39. The number of nitrogens with one attached hydrogen (secondary N) is 3. The number of aliphatic hydroxyl groups excluding tert-OH is 1. The molecule has 2 aromatic rings. The lowest BCUT2D eigenvalue weighted by Crippen LogP contribution is -2.47.